The van der Waals surface area contributed by atoms with Gasteiger partial charge in [0.15, 0.2) is 0 Å². The van der Waals surface area contributed by atoms with Crippen LogP contribution in [0.3, 0.4) is 0 Å². The number of benzene rings is 1. The predicted molar refractivity (Wildman–Crippen MR) is 171 cm³/mol. The van der Waals surface area contributed by atoms with E-state index in [1.165, 1.54) is 0 Å². The van der Waals surface area contributed by atoms with Crippen LogP contribution in [-0.4, -0.2) is 62.1 Å². The number of carbonyl (C=O) groups is 1. The van der Waals surface area contributed by atoms with E-state index in [2.05, 4.69) is 44.0 Å². The maximum atomic E-state index is 13.9. The second-order valence-electron chi connectivity index (χ2n) is 12.1. The summed E-state index contributed by atoms with van der Waals surface area (Å²) in [4.78, 5) is 29.5. The summed E-state index contributed by atoms with van der Waals surface area (Å²) >= 11 is 0. The van der Waals surface area contributed by atoms with Crippen molar-refractivity contribution >= 4 is 23.6 Å². The van der Waals surface area contributed by atoms with E-state index < -0.39 is 5.54 Å². The lowest BCUT2D eigenvalue weighted by atomic mass is 9.79. The van der Waals surface area contributed by atoms with Crippen LogP contribution in [0.4, 0.5) is 22.4 Å². The second kappa shape index (κ2) is 13.3. The van der Waals surface area contributed by atoms with Gasteiger partial charge in [0.1, 0.15) is 23.3 Å². The molecule has 0 bridgehead atoms. The van der Waals surface area contributed by atoms with Crippen molar-refractivity contribution < 1.29 is 9.53 Å². The molecule has 0 spiro atoms. The molecule has 12 nitrogen and oxygen atoms in total. The number of aryl methyl sites for hydroxylation is 1. The van der Waals surface area contributed by atoms with Gasteiger partial charge >= 0.3 is 6.03 Å². The number of amides is 2. The molecule has 0 radical (unpaired) electrons. The van der Waals surface area contributed by atoms with Gasteiger partial charge in [0, 0.05) is 61.2 Å². The van der Waals surface area contributed by atoms with E-state index in [4.69, 9.17) is 9.72 Å². The summed E-state index contributed by atoms with van der Waals surface area (Å²) in [5.74, 6) is 2.04. The van der Waals surface area contributed by atoms with Crippen molar-refractivity contribution in [1.82, 2.24) is 30.0 Å². The monoisotopic (exact) mass is 606 g/mol. The number of nitrogens with zero attached hydrogens (tertiary/aromatic N) is 7. The number of hydrogen-bond donors (Lipinski definition) is 3. The van der Waals surface area contributed by atoms with Crippen molar-refractivity contribution in [3.8, 4) is 17.2 Å². The van der Waals surface area contributed by atoms with Crippen molar-refractivity contribution in [2.75, 3.05) is 35.3 Å². The maximum Gasteiger partial charge on any atom is 0.323 e. The first-order valence-corrected chi connectivity index (χ1v) is 15.3. The molecule has 12 heteroatoms. The van der Waals surface area contributed by atoms with Gasteiger partial charge in [-0.15, -0.1) is 0 Å². The van der Waals surface area contributed by atoms with E-state index in [0.717, 1.165) is 55.6 Å². The smallest absolute Gasteiger partial charge is 0.323 e. The van der Waals surface area contributed by atoms with E-state index in [-0.39, 0.29) is 12.1 Å². The highest BCUT2D eigenvalue weighted by Crippen LogP contribution is 2.37. The molecule has 1 aliphatic carbocycles. The molecule has 2 aliphatic rings. The van der Waals surface area contributed by atoms with E-state index in [1.807, 2.05) is 60.6 Å². The molecule has 1 aliphatic heterocycles. The zero-order valence-corrected chi connectivity index (χ0v) is 25.6. The third-order valence-corrected chi connectivity index (χ3v) is 8.62. The average molecular weight is 607 g/mol. The highest BCUT2D eigenvalue weighted by atomic mass is 16.5. The average Bonchev–Trinajstić information content (AvgIpc) is 3.48. The van der Waals surface area contributed by atoms with Crippen molar-refractivity contribution in [1.29, 1.82) is 5.26 Å². The molecule has 1 aromatic carbocycles. The molecular weight excluding hydrogens is 568 g/mol. The van der Waals surface area contributed by atoms with Crippen LogP contribution < -0.4 is 20.9 Å². The summed E-state index contributed by atoms with van der Waals surface area (Å²) in [7, 11) is 1.88. The molecule has 0 unspecified atom stereocenters. The fraction of sp³-hybridized carbons (Fsp3) is 0.394. The van der Waals surface area contributed by atoms with Crippen LogP contribution in [0.1, 0.15) is 43.7 Å². The lowest BCUT2D eigenvalue weighted by Crippen LogP contribution is -2.56. The highest BCUT2D eigenvalue weighted by molar-refractivity contribution is 5.92. The van der Waals surface area contributed by atoms with Gasteiger partial charge in [0.2, 0.25) is 5.95 Å². The third-order valence-electron chi connectivity index (χ3n) is 8.62. The van der Waals surface area contributed by atoms with Crippen LogP contribution in [0.2, 0.25) is 0 Å². The van der Waals surface area contributed by atoms with E-state index >= 15 is 0 Å². The summed E-state index contributed by atoms with van der Waals surface area (Å²) in [6.45, 7) is 4.69. The normalized spacial score (nSPS) is 19.6. The maximum absolute atomic E-state index is 13.9. The van der Waals surface area contributed by atoms with Crippen LogP contribution >= 0.6 is 0 Å². The molecule has 4 aromatic rings. The van der Waals surface area contributed by atoms with Gasteiger partial charge in [-0.25, -0.2) is 14.8 Å². The summed E-state index contributed by atoms with van der Waals surface area (Å²) in [6, 6.07) is 15.9. The summed E-state index contributed by atoms with van der Waals surface area (Å²) in [6.07, 6.45) is 10.2. The number of anilines is 3. The van der Waals surface area contributed by atoms with Crippen molar-refractivity contribution in [3.63, 3.8) is 0 Å². The Balaban J connectivity index is 1.16. The van der Waals surface area contributed by atoms with Gasteiger partial charge in [-0.1, -0.05) is 30.3 Å². The number of rotatable bonds is 10. The first-order chi connectivity index (χ1) is 21.9. The Morgan fingerprint density at radius 3 is 2.53 bits per heavy atom. The van der Waals surface area contributed by atoms with Crippen molar-refractivity contribution in [3.05, 3.63) is 78.4 Å². The molecule has 6 rings (SSSR count). The number of aromatic nitrogens is 5. The largest absolute Gasteiger partial charge is 0.381 e. The van der Waals surface area contributed by atoms with Gasteiger partial charge in [-0.3, -0.25) is 9.58 Å². The first-order valence-electron chi connectivity index (χ1n) is 15.3. The van der Waals surface area contributed by atoms with E-state index in [1.54, 1.807) is 23.3 Å². The molecule has 4 heterocycles. The second-order valence-corrected chi connectivity index (χ2v) is 12.1. The Morgan fingerprint density at radius 1 is 1.09 bits per heavy atom. The first kappa shape index (κ1) is 30.0. The van der Waals surface area contributed by atoms with Gasteiger partial charge in [-0.2, -0.15) is 15.3 Å². The topological polar surface area (TPSA) is 146 Å². The fourth-order valence-electron chi connectivity index (χ4n) is 5.84. The zero-order chi connectivity index (χ0) is 31.2. The van der Waals surface area contributed by atoms with Gasteiger partial charge in [0.25, 0.3) is 0 Å². The summed E-state index contributed by atoms with van der Waals surface area (Å²) in [5.41, 5.74) is 2.88. The van der Waals surface area contributed by atoms with Crippen molar-refractivity contribution in [2.24, 2.45) is 13.0 Å². The number of nitrogens with one attached hydrogen (secondary N) is 3. The Bertz CT molecular complexity index is 1640. The van der Waals surface area contributed by atoms with Gasteiger partial charge in [-0.05, 0) is 50.3 Å². The molecule has 2 amide bonds. The number of ether oxygens (including phenoxy) is 1. The van der Waals surface area contributed by atoms with Gasteiger partial charge < -0.3 is 20.7 Å². The standard InChI is InChI=1S/C33H38N10O2/c1-33(12-10-28(11-13-33)40-31-37-18-26(14-34)30(41-31)36-16-24-21-45-22-24)43(32(44)38-15-23-6-4-3-5-7-23)29-9-8-25(17-35-29)27-19-39-42(2)20-27/h3-9,17-20,24,28H,10-13,15-16,21-22H2,1-2H3,(H,38,44)(H2,36,37,40,41)/t28-,33+. The zero-order valence-electron chi connectivity index (χ0n) is 25.6. The predicted octanol–water partition coefficient (Wildman–Crippen LogP) is 4.73. The molecular formula is C33H38N10O2. The Hall–Kier alpha value is -5.02. The minimum absolute atomic E-state index is 0.119. The van der Waals surface area contributed by atoms with Crippen molar-refractivity contribution in [2.45, 2.75) is 50.7 Å². The van der Waals surface area contributed by atoms with E-state index in [9.17, 15) is 10.1 Å². The van der Waals surface area contributed by atoms with E-state index in [0.29, 0.717) is 42.2 Å². The fourth-order valence-corrected chi connectivity index (χ4v) is 5.84. The van der Waals surface area contributed by atoms with Crippen LogP contribution in [0.5, 0.6) is 0 Å². The van der Waals surface area contributed by atoms with Gasteiger partial charge in [0.05, 0.1) is 25.6 Å². The number of carbonyl (C=O) groups excluding carboxylic acids is 1. The Morgan fingerprint density at radius 2 is 1.89 bits per heavy atom. The van der Waals surface area contributed by atoms with Crippen LogP contribution in [0, 0.1) is 17.2 Å². The number of pyridine rings is 1. The minimum atomic E-state index is -0.467. The minimum Gasteiger partial charge on any atom is -0.381 e. The molecule has 1 saturated carbocycles. The number of hydrogen-bond acceptors (Lipinski definition) is 9. The summed E-state index contributed by atoms with van der Waals surface area (Å²) in [5, 5.41) is 23.7. The third kappa shape index (κ3) is 7.05. The van der Waals surface area contributed by atoms with Crippen LogP contribution in [0.15, 0.2) is 67.3 Å². The molecule has 3 aromatic heterocycles. The summed E-state index contributed by atoms with van der Waals surface area (Å²) < 4.78 is 7.01. The molecule has 232 valence electrons. The lowest BCUT2D eigenvalue weighted by molar-refractivity contribution is -0.0248. The molecule has 2 fully saturated rings. The Labute approximate surface area is 262 Å². The highest BCUT2D eigenvalue weighted by Gasteiger charge is 2.41. The number of urea groups is 1. The van der Waals surface area contributed by atoms with Crippen LogP contribution in [0.25, 0.3) is 11.1 Å². The quantitative estimate of drug-likeness (QED) is 0.233. The number of nitriles is 1. The lowest BCUT2D eigenvalue weighted by Gasteiger charge is -2.45. The SMILES string of the molecule is Cn1cc(-c2ccc(N(C(=O)NCc3ccccc3)[C@]3(C)CC[C@H](Nc4ncc(C#N)c(NCC5COC5)n4)CC3)nc2)cn1. The van der Waals surface area contributed by atoms with Crippen LogP contribution in [-0.2, 0) is 18.3 Å². The molecule has 1 saturated heterocycles. The molecule has 45 heavy (non-hydrogen) atoms. The molecule has 0 atom stereocenters. The molecule has 3 N–H and O–H groups in total. The Kier molecular flexibility index (Phi) is 8.89.